The van der Waals surface area contributed by atoms with Crippen LogP contribution in [0.4, 0.5) is 0 Å². The first-order chi connectivity index (χ1) is 6.84. The van der Waals surface area contributed by atoms with Gasteiger partial charge in [-0.15, -0.1) is 0 Å². The van der Waals surface area contributed by atoms with Crippen LogP contribution in [0.1, 0.15) is 24.3 Å². The van der Waals surface area contributed by atoms with Gasteiger partial charge in [-0.1, -0.05) is 0 Å². The molecule has 0 spiro atoms. The summed E-state index contributed by atoms with van der Waals surface area (Å²) in [6, 6.07) is 3.98. The van der Waals surface area contributed by atoms with Crippen LogP contribution < -0.4 is 5.56 Å². The average Bonchev–Trinajstić information content (AvgIpc) is 3.01. The van der Waals surface area contributed by atoms with E-state index in [1.54, 1.807) is 6.20 Å². The maximum absolute atomic E-state index is 11.4. The number of H-pyrrole nitrogens is 1. The first-order valence-electron chi connectivity index (χ1n) is 4.82. The molecule has 0 aliphatic heterocycles. The first kappa shape index (κ1) is 7.74. The van der Waals surface area contributed by atoms with Crippen molar-refractivity contribution in [2.24, 2.45) is 0 Å². The third kappa shape index (κ3) is 1.13. The second-order valence-electron chi connectivity index (χ2n) is 3.79. The van der Waals surface area contributed by atoms with E-state index >= 15 is 0 Å². The van der Waals surface area contributed by atoms with Crippen molar-refractivity contribution in [3.05, 3.63) is 40.4 Å². The normalized spacial score (nSPS) is 16.0. The predicted octanol–water partition coefficient (Wildman–Crippen LogP) is 1.80. The molecule has 0 radical (unpaired) electrons. The standard InChI is InChI=1S/C11H10N2O/c14-11-10-8(3-4-12-11)5-9(6-13-10)7-1-2-7/h3-7H,1-2H2,(H,12,14). The van der Waals surface area contributed by atoms with E-state index in [-0.39, 0.29) is 5.56 Å². The SMILES string of the molecule is O=c1[nH]ccc2cc(C3CC3)cnc12. The van der Waals surface area contributed by atoms with Crippen LogP contribution in [-0.4, -0.2) is 9.97 Å². The molecule has 0 saturated heterocycles. The highest BCUT2D eigenvalue weighted by Gasteiger charge is 2.23. The summed E-state index contributed by atoms with van der Waals surface area (Å²) in [5, 5.41) is 0.943. The molecular formula is C11H10N2O. The highest BCUT2D eigenvalue weighted by Crippen LogP contribution is 2.40. The van der Waals surface area contributed by atoms with E-state index in [1.807, 2.05) is 12.3 Å². The van der Waals surface area contributed by atoms with Crippen LogP contribution in [0.25, 0.3) is 10.9 Å². The summed E-state index contributed by atoms with van der Waals surface area (Å²) in [5.74, 6) is 0.686. The molecule has 3 rings (SSSR count). The lowest BCUT2D eigenvalue weighted by Gasteiger charge is -1.99. The van der Waals surface area contributed by atoms with Crippen molar-refractivity contribution in [3.63, 3.8) is 0 Å². The number of hydrogen-bond acceptors (Lipinski definition) is 2. The number of hydrogen-bond donors (Lipinski definition) is 1. The smallest absolute Gasteiger partial charge is 0.274 e. The van der Waals surface area contributed by atoms with E-state index in [0.29, 0.717) is 11.4 Å². The van der Waals surface area contributed by atoms with Crippen molar-refractivity contribution in [3.8, 4) is 0 Å². The molecule has 70 valence electrons. The number of nitrogens with zero attached hydrogens (tertiary/aromatic N) is 1. The van der Waals surface area contributed by atoms with Crippen LogP contribution in [0.2, 0.25) is 0 Å². The molecule has 2 aromatic heterocycles. The van der Waals surface area contributed by atoms with Crippen LogP contribution in [0.5, 0.6) is 0 Å². The van der Waals surface area contributed by atoms with E-state index < -0.39 is 0 Å². The van der Waals surface area contributed by atoms with Crippen molar-refractivity contribution >= 4 is 10.9 Å². The largest absolute Gasteiger partial charge is 0.327 e. The Hall–Kier alpha value is -1.64. The Morgan fingerprint density at radius 1 is 1.43 bits per heavy atom. The minimum atomic E-state index is -0.107. The van der Waals surface area contributed by atoms with Gasteiger partial charge < -0.3 is 4.98 Å². The number of aromatic nitrogens is 2. The van der Waals surface area contributed by atoms with Crippen LogP contribution in [0, 0.1) is 0 Å². The summed E-state index contributed by atoms with van der Waals surface area (Å²) in [5.41, 5.74) is 1.70. The van der Waals surface area contributed by atoms with Crippen molar-refractivity contribution in [1.82, 2.24) is 9.97 Å². The molecule has 0 unspecified atom stereocenters. The molecule has 0 bridgehead atoms. The fraction of sp³-hybridized carbons (Fsp3) is 0.273. The molecule has 2 aromatic rings. The third-order valence-corrected chi connectivity index (χ3v) is 2.68. The number of pyridine rings is 2. The molecule has 1 aliphatic carbocycles. The Balaban J connectivity index is 2.28. The fourth-order valence-corrected chi connectivity index (χ4v) is 1.73. The first-order valence-corrected chi connectivity index (χ1v) is 4.82. The summed E-state index contributed by atoms with van der Waals surface area (Å²) >= 11 is 0. The lowest BCUT2D eigenvalue weighted by molar-refractivity contribution is 1.10. The molecule has 3 nitrogen and oxygen atoms in total. The monoisotopic (exact) mass is 186 g/mol. The fourth-order valence-electron chi connectivity index (χ4n) is 1.73. The Kier molecular flexibility index (Phi) is 1.48. The lowest BCUT2D eigenvalue weighted by Crippen LogP contribution is -2.06. The van der Waals surface area contributed by atoms with Gasteiger partial charge in [-0.05, 0) is 36.5 Å². The van der Waals surface area contributed by atoms with Crippen LogP contribution >= 0.6 is 0 Å². The van der Waals surface area contributed by atoms with Gasteiger partial charge in [-0.3, -0.25) is 9.78 Å². The van der Waals surface area contributed by atoms with Crippen LogP contribution in [0.15, 0.2) is 29.3 Å². The average molecular weight is 186 g/mol. The number of nitrogens with one attached hydrogen (secondary N) is 1. The maximum atomic E-state index is 11.4. The zero-order chi connectivity index (χ0) is 9.54. The Labute approximate surface area is 80.8 Å². The maximum Gasteiger partial charge on any atom is 0.274 e. The number of fused-ring (bicyclic) bond motifs is 1. The van der Waals surface area contributed by atoms with Crippen LogP contribution in [0.3, 0.4) is 0 Å². The highest BCUT2D eigenvalue weighted by molar-refractivity contribution is 5.77. The quantitative estimate of drug-likeness (QED) is 0.738. The van der Waals surface area contributed by atoms with E-state index in [4.69, 9.17) is 0 Å². The topological polar surface area (TPSA) is 45.8 Å². The van der Waals surface area contributed by atoms with Gasteiger partial charge in [0, 0.05) is 17.8 Å². The highest BCUT2D eigenvalue weighted by atomic mass is 16.1. The van der Waals surface area contributed by atoms with E-state index in [9.17, 15) is 4.79 Å². The van der Waals surface area contributed by atoms with E-state index in [0.717, 1.165) is 5.39 Å². The summed E-state index contributed by atoms with van der Waals surface area (Å²) in [7, 11) is 0. The van der Waals surface area contributed by atoms with E-state index in [2.05, 4.69) is 16.0 Å². The summed E-state index contributed by atoms with van der Waals surface area (Å²) < 4.78 is 0. The Bertz CT molecular complexity index is 540. The second kappa shape index (κ2) is 2.67. The summed E-state index contributed by atoms with van der Waals surface area (Å²) in [6.45, 7) is 0. The minimum absolute atomic E-state index is 0.107. The molecule has 14 heavy (non-hydrogen) atoms. The van der Waals surface area contributed by atoms with Gasteiger partial charge in [-0.2, -0.15) is 0 Å². The molecule has 1 fully saturated rings. The Morgan fingerprint density at radius 2 is 2.29 bits per heavy atom. The zero-order valence-corrected chi connectivity index (χ0v) is 7.66. The predicted molar refractivity (Wildman–Crippen MR) is 54.3 cm³/mol. The minimum Gasteiger partial charge on any atom is -0.327 e. The molecule has 1 aliphatic rings. The molecule has 3 heteroatoms. The zero-order valence-electron chi connectivity index (χ0n) is 7.66. The van der Waals surface area contributed by atoms with Crippen molar-refractivity contribution in [2.75, 3.05) is 0 Å². The molecule has 0 amide bonds. The van der Waals surface area contributed by atoms with Crippen molar-refractivity contribution in [2.45, 2.75) is 18.8 Å². The van der Waals surface area contributed by atoms with Gasteiger partial charge in [0.1, 0.15) is 5.52 Å². The van der Waals surface area contributed by atoms with Gasteiger partial charge in [0.15, 0.2) is 0 Å². The summed E-state index contributed by atoms with van der Waals surface area (Å²) in [6.07, 6.45) is 6.02. The van der Waals surface area contributed by atoms with Crippen molar-refractivity contribution in [1.29, 1.82) is 0 Å². The van der Waals surface area contributed by atoms with Gasteiger partial charge in [0.25, 0.3) is 5.56 Å². The molecule has 0 atom stereocenters. The molecule has 0 aromatic carbocycles. The van der Waals surface area contributed by atoms with Crippen molar-refractivity contribution < 1.29 is 0 Å². The molecule has 2 heterocycles. The number of rotatable bonds is 1. The van der Waals surface area contributed by atoms with E-state index in [1.165, 1.54) is 18.4 Å². The molecule has 1 saturated carbocycles. The van der Waals surface area contributed by atoms with Gasteiger partial charge >= 0.3 is 0 Å². The van der Waals surface area contributed by atoms with Gasteiger partial charge in [-0.25, -0.2) is 0 Å². The van der Waals surface area contributed by atoms with Gasteiger partial charge in [0.2, 0.25) is 0 Å². The third-order valence-electron chi connectivity index (χ3n) is 2.68. The Morgan fingerprint density at radius 3 is 3.07 bits per heavy atom. The van der Waals surface area contributed by atoms with Crippen LogP contribution in [-0.2, 0) is 0 Å². The second-order valence-corrected chi connectivity index (χ2v) is 3.79. The van der Waals surface area contributed by atoms with Gasteiger partial charge in [0.05, 0.1) is 0 Å². The molecular weight excluding hydrogens is 176 g/mol. The molecule has 1 N–H and O–H groups in total. The summed E-state index contributed by atoms with van der Waals surface area (Å²) in [4.78, 5) is 18.2. The number of aromatic amines is 1. The lowest BCUT2D eigenvalue weighted by atomic mass is 10.1.